The lowest BCUT2D eigenvalue weighted by molar-refractivity contribution is 0.112. The van der Waals surface area contributed by atoms with Crippen molar-refractivity contribution < 1.29 is 9.90 Å². The fourth-order valence-electron chi connectivity index (χ4n) is 5.67. The second-order valence-electron chi connectivity index (χ2n) is 10.6. The summed E-state index contributed by atoms with van der Waals surface area (Å²) in [6, 6.07) is 24.5. The van der Waals surface area contributed by atoms with Gasteiger partial charge in [-0.25, -0.2) is 4.98 Å². The van der Waals surface area contributed by atoms with Gasteiger partial charge in [-0.3, -0.25) is 14.7 Å². The first kappa shape index (κ1) is 25.9. The molecule has 6 heteroatoms. The van der Waals surface area contributed by atoms with E-state index in [2.05, 4.69) is 71.5 Å². The van der Waals surface area contributed by atoms with Crippen LogP contribution in [0.3, 0.4) is 0 Å². The monoisotopic (exact) mass is 528 g/mol. The van der Waals surface area contributed by atoms with Gasteiger partial charge in [-0.15, -0.1) is 0 Å². The van der Waals surface area contributed by atoms with Crippen molar-refractivity contribution >= 4 is 28.7 Å². The zero-order chi connectivity index (χ0) is 27.6. The fraction of sp³-hybridized carbons (Fsp3) is 0.206. The van der Waals surface area contributed by atoms with E-state index in [-0.39, 0.29) is 6.10 Å². The van der Waals surface area contributed by atoms with Crippen molar-refractivity contribution in [2.45, 2.75) is 32.9 Å². The van der Waals surface area contributed by atoms with Crippen LogP contribution in [-0.2, 0) is 6.54 Å². The number of nitrogens with one attached hydrogen (secondary N) is 1. The number of aromatic nitrogens is 2. The van der Waals surface area contributed by atoms with Gasteiger partial charge in [-0.1, -0.05) is 54.6 Å². The van der Waals surface area contributed by atoms with Crippen LogP contribution in [-0.4, -0.2) is 45.5 Å². The fourth-order valence-corrected chi connectivity index (χ4v) is 5.67. The summed E-state index contributed by atoms with van der Waals surface area (Å²) in [5.74, 6) is 0.724. The minimum Gasteiger partial charge on any atom is -0.392 e. The molecule has 40 heavy (non-hydrogen) atoms. The van der Waals surface area contributed by atoms with Gasteiger partial charge < -0.3 is 10.4 Å². The number of aliphatic hydroxyl groups excluding tert-OH is 1. The number of aldehydes is 1. The Morgan fingerprint density at radius 2 is 1.70 bits per heavy atom. The number of hydrogen-bond donors (Lipinski definition) is 2. The Hall–Kier alpha value is -4.39. The topological polar surface area (TPSA) is 78.3 Å². The highest BCUT2D eigenvalue weighted by Gasteiger charge is 2.20. The van der Waals surface area contributed by atoms with Gasteiger partial charge in [-0.05, 0) is 77.4 Å². The molecule has 0 unspecified atom stereocenters. The molecule has 0 amide bonds. The molecule has 0 radical (unpaired) electrons. The van der Waals surface area contributed by atoms with Crippen LogP contribution in [0.4, 0.5) is 11.5 Å². The highest BCUT2D eigenvalue weighted by atomic mass is 16.3. The van der Waals surface area contributed by atoms with Crippen molar-refractivity contribution in [2.75, 3.05) is 18.4 Å². The van der Waals surface area contributed by atoms with Crippen LogP contribution in [0.15, 0.2) is 85.2 Å². The summed E-state index contributed by atoms with van der Waals surface area (Å²) in [6.45, 7) is 6.68. The van der Waals surface area contributed by atoms with E-state index in [1.165, 1.54) is 11.1 Å². The molecular formula is C34H32N4O2. The lowest BCUT2D eigenvalue weighted by Crippen LogP contribution is -2.21. The Balaban J connectivity index is 1.30. The molecule has 0 saturated carbocycles. The van der Waals surface area contributed by atoms with Gasteiger partial charge in [0.25, 0.3) is 0 Å². The first-order valence-electron chi connectivity index (χ1n) is 13.7. The number of aliphatic hydroxyl groups is 1. The first-order valence-corrected chi connectivity index (χ1v) is 13.7. The molecule has 3 heterocycles. The van der Waals surface area contributed by atoms with E-state index in [1.807, 2.05) is 42.7 Å². The Morgan fingerprint density at radius 1 is 0.950 bits per heavy atom. The number of β-amino-alcohol motifs (C(OH)–C–C–N with tert-alkyl or cyclic N) is 1. The summed E-state index contributed by atoms with van der Waals surface area (Å²) in [5.41, 5.74) is 10.5. The average molecular weight is 529 g/mol. The van der Waals surface area contributed by atoms with Crippen LogP contribution in [0, 0.1) is 13.8 Å². The third-order valence-electron chi connectivity index (χ3n) is 7.88. The second-order valence-corrected chi connectivity index (χ2v) is 10.6. The number of benzene rings is 3. The predicted octanol–water partition coefficient (Wildman–Crippen LogP) is 6.70. The Morgan fingerprint density at radius 3 is 2.45 bits per heavy atom. The van der Waals surface area contributed by atoms with Crippen molar-refractivity contribution in [3.05, 3.63) is 107 Å². The summed E-state index contributed by atoms with van der Waals surface area (Å²) in [7, 11) is 0. The zero-order valence-corrected chi connectivity index (χ0v) is 22.8. The van der Waals surface area contributed by atoms with E-state index in [1.54, 1.807) is 0 Å². The molecule has 0 aliphatic carbocycles. The van der Waals surface area contributed by atoms with Crippen molar-refractivity contribution in [1.29, 1.82) is 0 Å². The molecule has 0 spiro atoms. The van der Waals surface area contributed by atoms with Crippen LogP contribution in [0.2, 0.25) is 0 Å². The van der Waals surface area contributed by atoms with Gasteiger partial charge in [0, 0.05) is 48.7 Å². The number of nitrogens with zero attached hydrogens (tertiary/aromatic N) is 3. The number of likely N-dealkylation sites (tertiary alicyclic amines) is 1. The number of carbonyl (C=O) groups is 1. The van der Waals surface area contributed by atoms with Gasteiger partial charge in [-0.2, -0.15) is 0 Å². The van der Waals surface area contributed by atoms with Gasteiger partial charge >= 0.3 is 0 Å². The molecule has 2 aromatic heterocycles. The second kappa shape index (κ2) is 11.0. The number of carbonyl (C=O) groups excluding carboxylic acids is 1. The number of anilines is 2. The number of fused-ring (bicyclic) bond motifs is 1. The molecule has 0 bridgehead atoms. The Kier molecular flexibility index (Phi) is 7.11. The van der Waals surface area contributed by atoms with Crippen molar-refractivity contribution in [2.24, 2.45) is 0 Å². The van der Waals surface area contributed by atoms with E-state index in [4.69, 9.17) is 4.98 Å². The highest BCUT2D eigenvalue weighted by Crippen LogP contribution is 2.36. The lowest BCUT2D eigenvalue weighted by atomic mass is 9.90. The van der Waals surface area contributed by atoms with Crippen molar-refractivity contribution in [3.8, 4) is 22.3 Å². The molecule has 200 valence electrons. The summed E-state index contributed by atoms with van der Waals surface area (Å²) in [6.07, 6.45) is 5.21. The van der Waals surface area contributed by atoms with Crippen LogP contribution in [0.5, 0.6) is 0 Å². The van der Waals surface area contributed by atoms with Crippen LogP contribution in [0.1, 0.15) is 33.5 Å². The lowest BCUT2D eigenvalue weighted by Gasteiger charge is -2.18. The molecule has 6 nitrogen and oxygen atoms in total. The van der Waals surface area contributed by atoms with Gasteiger partial charge in [0.15, 0.2) is 5.82 Å². The van der Waals surface area contributed by atoms with E-state index in [0.717, 1.165) is 76.0 Å². The van der Waals surface area contributed by atoms with E-state index < -0.39 is 0 Å². The molecular weight excluding hydrogens is 496 g/mol. The molecule has 1 aliphatic rings. The smallest absolute Gasteiger partial charge is 0.156 e. The van der Waals surface area contributed by atoms with Crippen LogP contribution >= 0.6 is 0 Å². The van der Waals surface area contributed by atoms with Gasteiger partial charge in [0.2, 0.25) is 0 Å². The normalized spacial score (nSPS) is 15.4. The number of hydrogen-bond acceptors (Lipinski definition) is 6. The van der Waals surface area contributed by atoms with Crippen LogP contribution in [0.25, 0.3) is 33.2 Å². The van der Waals surface area contributed by atoms with Crippen LogP contribution < -0.4 is 5.32 Å². The molecule has 5 aromatic rings. The first-order chi connectivity index (χ1) is 19.5. The maximum absolute atomic E-state index is 11.1. The molecule has 1 atom stereocenters. The molecule has 1 saturated heterocycles. The highest BCUT2D eigenvalue weighted by molar-refractivity contribution is 5.91. The quantitative estimate of drug-likeness (QED) is 0.229. The number of rotatable bonds is 7. The SMILES string of the molecule is Cc1c(Nc2nccc3cc(CN4CC[C@@H](O)C4)cnc23)cccc1-c1cccc(-c2ccc(C=O)cc2)c1C. The maximum Gasteiger partial charge on any atom is 0.156 e. The van der Waals surface area contributed by atoms with E-state index in [9.17, 15) is 9.90 Å². The molecule has 3 aromatic carbocycles. The van der Waals surface area contributed by atoms with Crippen molar-refractivity contribution in [3.63, 3.8) is 0 Å². The summed E-state index contributed by atoms with van der Waals surface area (Å²) >= 11 is 0. The van der Waals surface area contributed by atoms with E-state index >= 15 is 0 Å². The predicted molar refractivity (Wildman–Crippen MR) is 161 cm³/mol. The zero-order valence-electron chi connectivity index (χ0n) is 22.8. The Bertz CT molecular complexity index is 1700. The minimum atomic E-state index is -0.228. The van der Waals surface area contributed by atoms with E-state index in [0.29, 0.717) is 12.1 Å². The summed E-state index contributed by atoms with van der Waals surface area (Å²) < 4.78 is 0. The van der Waals surface area contributed by atoms with Crippen molar-refractivity contribution in [1.82, 2.24) is 14.9 Å². The summed E-state index contributed by atoms with van der Waals surface area (Å²) in [5, 5.41) is 14.4. The molecule has 1 fully saturated rings. The third kappa shape index (κ3) is 5.11. The van der Waals surface area contributed by atoms with Gasteiger partial charge in [0.05, 0.1) is 6.10 Å². The Labute approximate surface area is 234 Å². The standard InChI is InChI=1S/C34H32N4O2/c1-22-29(26-11-9-24(21-39)10-12-26)5-3-6-30(22)31-7-4-8-32(23(31)2)37-34-33-27(13-15-35-34)17-25(18-36-33)19-38-16-14-28(40)20-38/h3-13,15,17-18,21,28,40H,14,16,19-20H2,1-2H3,(H,35,37)/t28-/m1/s1. The molecule has 1 aliphatic heterocycles. The third-order valence-corrected chi connectivity index (χ3v) is 7.88. The minimum absolute atomic E-state index is 0.228. The molecule has 6 rings (SSSR count). The number of pyridine rings is 2. The summed E-state index contributed by atoms with van der Waals surface area (Å²) in [4.78, 5) is 22.8. The largest absolute Gasteiger partial charge is 0.392 e. The van der Waals surface area contributed by atoms with Gasteiger partial charge in [0.1, 0.15) is 11.8 Å². The molecule has 2 N–H and O–H groups in total. The average Bonchev–Trinajstić information content (AvgIpc) is 3.38. The maximum atomic E-state index is 11.1.